The lowest BCUT2D eigenvalue weighted by Gasteiger charge is -2.27. The van der Waals surface area contributed by atoms with E-state index in [1.807, 2.05) is 0 Å². The van der Waals surface area contributed by atoms with Crippen LogP contribution in [0.3, 0.4) is 0 Å². The van der Waals surface area contributed by atoms with Crippen LogP contribution in [0.25, 0.3) is 0 Å². The summed E-state index contributed by atoms with van der Waals surface area (Å²) >= 11 is 0. The maximum atomic E-state index is 11.9. The summed E-state index contributed by atoms with van der Waals surface area (Å²) < 4.78 is 5.03. The Morgan fingerprint density at radius 1 is 1.33 bits per heavy atom. The van der Waals surface area contributed by atoms with Crippen molar-refractivity contribution in [3.8, 4) is 0 Å². The molecular formula is C18H26N2O4. The van der Waals surface area contributed by atoms with E-state index in [-0.39, 0.29) is 24.0 Å². The number of hydrogen-bond donors (Lipinski definition) is 3. The molecule has 0 radical (unpaired) electrons. The number of hydrogen-bond acceptors (Lipinski definition) is 5. The first-order valence-corrected chi connectivity index (χ1v) is 8.48. The summed E-state index contributed by atoms with van der Waals surface area (Å²) in [6.07, 6.45) is 3.35. The van der Waals surface area contributed by atoms with Gasteiger partial charge in [-0.2, -0.15) is 0 Å². The maximum Gasteiger partial charge on any atom is 0.338 e. The molecule has 3 N–H and O–H groups in total. The van der Waals surface area contributed by atoms with E-state index in [1.165, 1.54) is 6.92 Å². The van der Waals surface area contributed by atoms with E-state index in [9.17, 15) is 14.7 Å². The lowest BCUT2D eigenvalue weighted by molar-refractivity contribution is -0.114. The van der Waals surface area contributed by atoms with Crippen LogP contribution >= 0.6 is 0 Å². The van der Waals surface area contributed by atoms with Crippen LogP contribution in [0, 0.1) is 0 Å². The van der Waals surface area contributed by atoms with Gasteiger partial charge in [0.1, 0.15) is 0 Å². The van der Waals surface area contributed by atoms with Gasteiger partial charge in [-0.15, -0.1) is 0 Å². The smallest absolute Gasteiger partial charge is 0.338 e. The SMILES string of the molecule is CCOC(=O)c1ccc(NC(C)=O)c(CNC2CCCC(O)C2)c1. The monoisotopic (exact) mass is 334 g/mol. The third-order valence-electron chi connectivity index (χ3n) is 4.15. The number of anilines is 1. The lowest BCUT2D eigenvalue weighted by Crippen LogP contribution is -2.35. The summed E-state index contributed by atoms with van der Waals surface area (Å²) in [7, 11) is 0. The van der Waals surface area contributed by atoms with Crippen LogP contribution in [0.1, 0.15) is 55.5 Å². The van der Waals surface area contributed by atoms with E-state index in [0.717, 1.165) is 31.2 Å². The van der Waals surface area contributed by atoms with Gasteiger partial charge in [0.05, 0.1) is 18.3 Å². The maximum absolute atomic E-state index is 11.9. The highest BCUT2D eigenvalue weighted by Crippen LogP contribution is 2.22. The highest BCUT2D eigenvalue weighted by molar-refractivity contribution is 5.93. The minimum Gasteiger partial charge on any atom is -0.462 e. The summed E-state index contributed by atoms with van der Waals surface area (Å²) in [5.74, 6) is -0.533. The number of aliphatic hydroxyl groups is 1. The van der Waals surface area contributed by atoms with Gasteiger partial charge in [0.15, 0.2) is 0 Å². The first kappa shape index (κ1) is 18.4. The molecule has 0 bridgehead atoms. The van der Waals surface area contributed by atoms with Gasteiger partial charge < -0.3 is 20.5 Å². The molecule has 1 aromatic rings. The molecule has 24 heavy (non-hydrogen) atoms. The molecule has 1 aliphatic carbocycles. The Morgan fingerprint density at radius 2 is 2.12 bits per heavy atom. The second-order valence-corrected chi connectivity index (χ2v) is 6.17. The number of ether oxygens (including phenoxy) is 1. The Morgan fingerprint density at radius 3 is 2.79 bits per heavy atom. The van der Waals surface area contributed by atoms with Crippen LogP contribution < -0.4 is 10.6 Å². The molecule has 1 fully saturated rings. The summed E-state index contributed by atoms with van der Waals surface area (Å²) in [5, 5.41) is 16.0. The molecule has 0 saturated heterocycles. The molecule has 6 nitrogen and oxygen atoms in total. The molecule has 132 valence electrons. The van der Waals surface area contributed by atoms with E-state index in [4.69, 9.17) is 4.74 Å². The molecule has 0 spiro atoms. The normalized spacial score (nSPS) is 20.5. The van der Waals surface area contributed by atoms with Gasteiger partial charge in [-0.05, 0) is 56.4 Å². The van der Waals surface area contributed by atoms with Crippen LogP contribution in [0.5, 0.6) is 0 Å². The molecular weight excluding hydrogens is 308 g/mol. The van der Waals surface area contributed by atoms with E-state index in [2.05, 4.69) is 10.6 Å². The molecule has 1 amide bonds. The van der Waals surface area contributed by atoms with Crippen molar-refractivity contribution in [2.45, 2.75) is 58.2 Å². The van der Waals surface area contributed by atoms with Gasteiger partial charge in [-0.1, -0.05) is 0 Å². The van der Waals surface area contributed by atoms with Crippen molar-refractivity contribution in [3.05, 3.63) is 29.3 Å². The molecule has 2 atom stereocenters. The van der Waals surface area contributed by atoms with Crippen molar-refractivity contribution in [1.29, 1.82) is 0 Å². The van der Waals surface area contributed by atoms with Crippen molar-refractivity contribution in [1.82, 2.24) is 5.32 Å². The van der Waals surface area contributed by atoms with Gasteiger partial charge in [0.2, 0.25) is 5.91 Å². The average Bonchev–Trinajstić information content (AvgIpc) is 2.53. The predicted octanol–water partition coefficient (Wildman–Crippen LogP) is 2.21. The van der Waals surface area contributed by atoms with E-state index >= 15 is 0 Å². The fourth-order valence-corrected chi connectivity index (χ4v) is 3.00. The minimum absolute atomic E-state index is 0.159. The van der Waals surface area contributed by atoms with Crippen LogP contribution in [0.15, 0.2) is 18.2 Å². The summed E-state index contributed by atoms with van der Waals surface area (Å²) in [5.41, 5.74) is 1.97. The Bertz CT molecular complexity index is 588. The molecule has 1 saturated carbocycles. The first-order valence-electron chi connectivity index (χ1n) is 8.48. The third kappa shape index (κ3) is 5.32. The molecule has 0 heterocycles. The zero-order valence-corrected chi connectivity index (χ0v) is 14.3. The summed E-state index contributed by atoms with van der Waals surface area (Å²) in [4.78, 5) is 23.3. The highest BCUT2D eigenvalue weighted by Gasteiger charge is 2.20. The highest BCUT2D eigenvalue weighted by atomic mass is 16.5. The number of carbonyl (C=O) groups is 2. The van der Waals surface area contributed by atoms with Crippen LogP contribution in [-0.2, 0) is 16.1 Å². The van der Waals surface area contributed by atoms with Gasteiger partial charge >= 0.3 is 5.97 Å². The van der Waals surface area contributed by atoms with E-state index < -0.39 is 0 Å². The number of benzene rings is 1. The number of aliphatic hydroxyl groups excluding tert-OH is 1. The number of rotatable bonds is 6. The fourth-order valence-electron chi connectivity index (χ4n) is 3.00. The summed E-state index contributed by atoms with van der Waals surface area (Å²) in [6, 6.07) is 5.36. The molecule has 6 heteroatoms. The van der Waals surface area contributed by atoms with Crippen LogP contribution in [0.2, 0.25) is 0 Å². The zero-order chi connectivity index (χ0) is 17.5. The van der Waals surface area contributed by atoms with Crippen LogP contribution in [0.4, 0.5) is 5.69 Å². The molecule has 1 aliphatic rings. The molecule has 1 aromatic carbocycles. The number of esters is 1. The molecule has 2 rings (SSSR count). The zero-order valence-electron chi connectivity index (χ0n) is 14.3. The Labute approximate surface area is 142 Å². The Kier molecular flexibility index (Phi) is 6.75. The predicted molar refractivity (Wildman–Crippen MR) is 91.8 cm³/mol. The Hall–Kier alpha value is -1.92. The van der Waals surface area contributed by atoms with Crippen molar-refractivity contribution in [2.24, 2.45) is 0 Å². The summed E-state index contributed by atoms with van der Waals surface area (Å²) in [6.45, 7) is 4.05. The molecule has 0 aliphatic heterocycles. The van der Waals surface area contributed by atoms with Crippen molar-refractivity contribution >= 4 is 17.6 Å². The quantitative estimate of drug-likeness (QED) is 0.694. The molecule has 0 aromatic heterocycles. The van der Waals surface area contributed by atoms with Gasteiger partial charge in [-0.25, -0.2) is 4.79 Å². The lowest BCUT2D eigenvalue weighted by atomic mass is 9.93. The number of carbonyl (C=O) groups excluding carboxylic acids is 2. The number of amides is 1. The molecule has 2 unspecified atom stereocenters. The first-order chi connectivity index (χ1) is 11.5. The van der Waals surface area contributed by atoms with Crippen molar-refractivity contribution in [2.75, 3.05) is 11.9 Å². The van der Waals surface area contributed by atoms with Crippen molar-refractivity contribution in [3.63, 3.8) is 0 Å². The second-order valence-electron chi connectivity index (χ2n) is 6.17. The standard InChI is InChI=1S/C18H26N2O4/c1-3-24-18(23)13-7-8-17(20-12(2)21)14(9-13)11-19-15-5-4-6-16(22)10-15/h7-9,15-16,19,22H,3-6,10-11H2,1-2H3,(H,20,21). The fraction of sp³-hybridized carbons (Fsp3) is 0.556. The van der Waals surface area contributed by atoms with E-state index in [0.29, 0.717) is 24.4 Å². The largest absolute Gasteiger partial charge is 0.462 e. The second kappa shape index (κ2) is 8.80. The van der Waals surface area contributed by atoms with Crippen LogP contribution in [-0.4, -0.2) is 35.7 Å². The Balaban J connectivity index is 2.12. The van der Waals surface area contributed by atoms with Gasteiger partial charge in [-0.3, -0.25) is 4.79 Å². The van der Waals surface area contributed by atoms with Gasteiger partial charge in [0.25, 0.3) is 0 Å². The third-order valence-corrected chi connectivity index (χ3v) is 4.15. The van der Waals surface area contributed by atoms with E-state index in [1.54, 1.807) is 25.1 Å². The van der Waals surface area contributed by atoms with Crippen molar-refractivity contribution < 1.29 is 19.4 Å². The average molecular weight is 334 g/mol. The topological polar surface area (TPSA) is 87.7 Å². The number of nitrogens with one attached hydrogen (secondary N) is 2. The van der Waals surface area contributed by atoms with Gasteiger partial charge in [0, 0.05) is 25.2 Å². The minimum atomic E-state index is -0.374.